The topological polar surface area (TPSA) is 78.4 Å². The van der Waals surface area contributed by atoms with Crippen molar-refractivity contribution >= 4 is 52.7 Å². The van der Waals surface area contributed by atoms with E-state index >= 15 is 0 Å². The van der Waals surface area contributed by atoms with E-state index in [4.69, 9.17) is 9.97 Å². The van der Waals surface area contributed by atoms with Gasteiger partial charge in [-0.3, -0.25) is 4.79 Å². The minimum absolute atomic E-state index is 0.697. The molecule has 8 nitrogen and oxygen atoms in total. The van der Waals surface area contributed by atoms with Crippen molar-refractivity contribution in [1.82, 2.24) is 24.8 Å². The van der Waals surface area contributed by atoms with Crippen molar-refractivity contribution < 1.29 is 4.79 Å². The summed E-state index contributed by atoms with van der Waals surface area (Å²) < 4.78 is 0. The Labute approximate surface area is 167 Å². The maximum Gasteiger partial charge on any atom is 0.228 e. The summed E-state index contributed by atoms with van der Waals surface area (Å²) in [6.45, 7) is 6.92. The number of thioether (sulfide) groups is 2. The summed E-state index contributed by atoms with van der Waals surface area (Å²) >= 11 is 3.66. The quantitative estimate of drug-likeness (QED) is 0.416. The molecule has 2 fully saturated rings. The molecule has 2 aliphatic rings. The van der Waals surface area contributed by atoms with E-state index in [1.165, 1.54) is 0 Å². The zero-order valence-electron chi connectivity index (χ0n) is 15.4. The predicted molar refractivity (Wildman–Crippen MR) is 111 cm³/mol. The molecule has 0 saturated carbocycles. The van der Waals surface area contributed by atoms with Crippen LogP contribution in [0.15, 0.2) is 11.4 Å². The molecule has 144 valence electrons. The number of hydrogen-bond donors (Lipinski definition) is 0. The van der Waals surface area contributed by atoms with Crippen molar-refractivity contribution in [2.45, 2.75) is 11.9 Å². The molecule has 0 unspecified atom stereocenters. The summed E-state index contributed by atoms with van der Waals surface area (Å²) in [5.41, 5.74) is 1.67. The number of amides is 1. The molecule has 0 radical (unpaired) electrons. The predicted octanol–water partition coefficient (Wildman–Crippen LogP) is 1.36. The van der Waals surface area contributed by atoms with Crippen LogP contribution < -0.4 is 9.80 Å². The molecule has 10 heteroatoms. The van der Waals surface area contributed by atoms with E-state index < -0.39 is 0 Å². The Morgan fingerprint density at radius 3 is 2.52 bits per heavy atom. The molecule has 0 spiro atoms. The first kappa shape index (κ1) is 18.5. The van der Waals surface area contributed by atoms with Crippen LogP contribution in [0.1, 0.15) is 6.92 Å². The van der Waals surface area contributed by atoms with Gasteiger partial charge >= 0.3 is 0 Å². The molecular weight excluding hydrogens is 382 g/mol. The highest BCUT2D eigenvalue weighted by Gasteiger charge is 2.24. The van der Waals surface area contributed by atoms with Crippen molar-refractivity contribution in [3.05, 3.63) is 6.33 Å². The van der Waals surface area contributed by atoms with Gasteiger partial charge in [-0.05, 0) is 5.75 Å². The lowest BCUT2D eigenvalue weighted by Gasteiger charge is -2.34. The first-order valence-electron chi connectivity index (χ1n) is 9.22. The average molecular weight is 406 g/mol. The average Bonchev–Trinajstić information content (AvgIpc) is 2.74. The standard InChI is InChI=1S/C17H23N7OS2/c1-2-27-16-14-13(18-11-19-16)15(23-7-9-26-10-8-23)21-17(20-14)24-5-3-22(12-25)4-6-24/h11-12H,2-10H2,1H3. The Bertz CT molecular complexity index is 807. The van der Waals surface area contributed by atoms with Gasteiger partial charge in [0.1, 0.15) is 22.4 Å². The number of rotatable bonds is 5. The number of carbonyl (C=O) groups is 1. The summed E-state index contributed by atoms with van der Waals surface area (Å²) in [7, 11) is 0. The van der Waals surface area contributed by atoms with E-state index in [1.807, 2.05) is 11.8 Å². The largest absolute Gasteiger partial charge is 0.353 e. The SMILES string of the molecule is CCSc1ncnc2c(N3CCSCC3)nc(N3CCN(C=O)CC3)nc12. The number of piperazine rings is 1. The van der Waals surface area contributed by atoms with E-state index in [0.717, 1.165) is 71.7 Å². The van der Waals surface area contributed by atoms with E-state index in [-0.39, 0.29) is 0 Å². The number of nitrogens with zero attached hydrogens (tertiary/aromatic N) is 7. The molecule has 2 aliphatic heterocycles. The zero-order chi connectivity index (χ0) is 18.6. The summed E-state index contributed by atoms with van der Waals surface area (Å²) in [5, 5.41) is 0.908. The summed E-state index contributed by atoms with van der Waals surface area (Å²) in [6.07, 6.45) is 2.54. The fourth-order valence-electron chi connectivity index (χ4n) is 3.31. The molecule has 2 saturated heterocycles. The second kappa shape index (κ2) is 8.47. The Balaban J connectivity index is 1.77. The maximum absolute atomic E-state index is 11.0. The molecule has 0 aliphatic carbocycles. The molecule has 0 bridgehead atoms. The fraction of sp³-hybridized carbons (Fsp3) is 0.588. The summed E-state index contributed by atoms with van der Waals surface area (Å²) in [5.74, 6) is 4.75. The zero-order valence-corrected chi connectivity index (χ0v) is 17.0. The fourth-order valence-corrected chi connectivity index (χ4v) is 4.88. The highest BCUT2D eigenvalue weighted by molar-refractivity contribution is 7.99. The third kappa shape index (κ3) is 3.91. The normalized spacial score (nSPS) is 18.2. The highest BCUT2D eigenvalue weighted by atomic mass is 32.2. The molecule has 2 aromatic rings. The van der Waals surface area contributed by atoms with Gasteiger partial charge in [0.2, 0.25) is 12.4 Å². The van der Waals surface area contributed by atoms with Gasteiger partial charge in [-0.2, -0.15) is 16.7 Å². The lowest BCUT2D eigenvalue weighted by molar-refractivity contribution is -0.118. The smallest absolute Gasteiger partial charge is 0.228 e. The Morgan fingerprint density at radius 1 is 1.04 bits per heavy atom. The van der Waals surface area contributed by atoms with Gasteiger partial charge in [0.25, 0.3) is 0 Å². The van der Waals surface area contributed by atoms with Crippen LogP contribution in [-0.4, -0.2) is 87.8 Å². The van der Waals surface area contributed by atoms with Crippen LogP contribution in [0, 0.1) is 0 Å². The Hall–Kier alpha value is -1.81. The van der Waals surface area contributed by atoms with Crippen LogP contribution in [0.25, 0.3) is 11.0 Å². The van der Waals surface area contributed by atoms with E-state index in [2.05, 4.69) is 26.7 Å². The van der Waals surface area contributed by atoms with Gasteiger partial charge in [-0.25, -0.2) is 15.0 Å². The van der Waals surface area contributed by atoms with Gasteiger partial charge in [-0.1, -0.05) is 6.92 Å². The van der Waals surface area contributed by atoms with Gasteiger partial charge in [0.05, 0.1) is 0 Å². The molecule has 0 N–H and O–H groups in total. The third-order valence-corrected chi connectivity index (χ3v) is 6.56. The van der Waals surface area contributed by atoms with Crippen LogP contribution in [0.4, 0.5) is 11.8 Å². The van der Waals surface area contributed by atoms with Crippen LogP contribution in [-0.2, 0) is 4.79 Å². The van der Waals surface area contributed by atoms with Crippen molar-refractivity contribution in [1.29, 1.82) is 0 Å². The van der Waals surface area contributed by atoms with Gasteiger partial charge in [0, 0.05) is 50.8 Å². The number of aromatic nitrogens is 4. The molecular formula is C17H23N7OS2. The number of carbonyl (C=O) groups excluding carboxylic acids is 1. The molecule has 0 atom stereocenters. The second-order valence-corrected chi connectivity index (χ2v) is 8.86. The Morgan fingerprint density at radius 2 is 1.81 bits per heavy atom. The summed E-state index contributed by atoms with van der Waals surface area (Å²) in [6, 6.07) is 0. The highest BCUT2D eigenvalue weighted by Crippen LogP contribution is 2.31. The number of fused-ring (bicyclic) bond motifs is 1. The van der Waals surface area contributed by atoms with Crippen LogP contribution >= 0.6 is 23.5 Å². The van der Waals surface area contributed by atoms with E-state index in [1.54, 1.807) is 23.0 Å². The van der Waals surface area contributed by atoms with Crippen molar-refractivity contribution in [2.75, 3.05) is 66.3 Å². The Kier molecular flexibility index (Phi) is 5.82. The van der Waals surface area contributed by atoms with Crippen molar-refractivity contribution in [3.63, 3.8) is 0 Å². The van der Waals surface area contributed by atoms with Crippen LogP contribution in [0.5, 0.6) is 0 Å². The van der Waals surface area contributed by atoms with Crippen molar-refractivity contribution in [2.24, 2.45) is 0 Å². The minimum atomic E-state index is 0.697. The molecule has 27 heavy (non-hydrogen) atoms. The van der Waals surface area contributed by atoms with Gasteiger partial charge in [-0.15, -0.1) is 11.8 Å². The third-order valence-electron chi connectivity index (χ3n) is 4.76. The second-order valence-electron chi connectivity index (χ2n) is 6.38. The lowest BCUT2D eigenvalue weighted by atomic mass is 10.3. The minimum Gasteiger partial charge on any atom is -0.353 e. The van der Waals surface area contributed by atoms with E-state index in [9.17, 15) is 4.79 Å². The first-order chi connectivity index (χ1) is 13.3. The first-order valence-corrected chi connectivity index (χ1v) is 11.4. The summed E-state index contributed by atoms with van der Waals surface area (Å²) in [4.78, 5) is 36.1. The van der Waals surface area contributed by atoms with Crippen LogP contribution in [0.3, 0.4) is 0 Å². The molecule has 4 heterocycles. The molecule has 0 aromatic carbocycles. The lowest BCUT2D eigenvalue weighted by Crippen LogP contribution is -2.46. The molecule has 1 amide bonds. The van der Waals surface area contributed by atoms with Crippen LogP contribution in [0.2, 0.25) is 0 Å². The number of anilines is 2. The monoisotopic (exact) mass is 405 g/mol. The molecule has 4 rings (SSSR count). The molecule has 2 aromatic heterocycles. The van der Waals surface area contributed by atoms with E-state index in [0.29, 0.717) is 19.0 Å². The van der Waals surface area contributed by atoms with Crippen molar-refractivity contribution in [3.8, 4) is 0 Å². The van der Waals surface area contributed by atoms with Gasteiger partial charge in [0.15, 0.2) is 5.82 Å². The van der Waals surface area contributed by atoms with Gasteiger partial charge < -0.3 is 14.7 Å². The maximum atomic E-state index is 11.0. The number of hydrogen-bond acceptors (Lipinski definition) is 9.